The van der Waals surface area contributed by atoms with Gasteiger partial charge in [-0.25, -0.2) is 4.98 Å². The second-order valence-corrected chi connectivity index (χ2v) is 3.82. The van der Waals surface area contributed by atoms with E-state index in [-0.39, 0.29) is 0 Å². The topological polar surface area (TPSA) is 69.6 Å². The summed E-state index contributed by atoms with van der Waals surface area (Å²) >= 11 is 0. The zero-order valence-corrected chi connectivity index (χ0v) is 9.33. The fourth-order valence-corrected chi connectivity index (χ4v) is 1.69. The lowest BCUT2D eigenvalue weighted by Crippen LogP contribution is -1.96. The molecule has 5 nitrogen and oxygen atoms in total. The highest BCUT2D eigenvalue weighted by molar-refractivity contribution is 5.76. The van der Waals surface area contributed by atoms with Crippen LogP contribution in [0.15, 0.2) is 36.5 Å². The van der Waals surface area contributed by atoms with E-state index in [0.29, 0.717) is 5.82 Å². The van der Waals surface area contributed by atoms with E-state index in [2.05, 4.69) is 15.1 Å². The van der Waals surface area contributed by atoms with Gasteiger partial charge in [0.1, 0.15) is 17.2 Å². The summed E-state index contributed by atoms with van der Waals surface area (Å²) in [5.41, 5.74) is 8.95. The Morgan fingerprint density at radius 3 is 2.59 bits per heavy atom. The average molecular weight is 225 g/mol. The van der Waals surface area contributed by atoms with Crippen LogP contribution in [0.2, 0.25) is 0 Å². The lowest BCUT2D eigenvalue weighted by Gasteiger charge is -1.98. The van der Waals surface area contributed by atoms with Gasteiger partial charge in [0.25, 0.3) is 0 Å². The maximum Gasteiger partial charge on any atom is 0.122 e. The molecule has 1 aromatic carbocycles. The van der Waals surface area contributed by atoms with E-state index >= 15 is 0 Å². The van der Waals surface area contributed by atoms with Crippen molar-refractivity contribution in [3.63, 3.8) is 0 Å². The third kappa shape index (κ3) is 1.61. The van der Waals surface area contributed by atoms with Crippen LogP contribution in [0.1, 0.15) is 0 Å². The van der Waals surface area contributed by atoms with Crippen LogP contribution in [0.25, 0.3) is 22.4 Å². The lowest BCUT2D eigenvalue weighted by molar-refractivity contribution is 0.781. The molecule has 0 saturated carbocycles. The minimum absolute atomic E-state index is 0.606. The van der Waals surface area contributed by atoms with Gasteiger partial charge in [0.2, 0.25) is 0 Å². The molecule has 5 heteroatoms. The van der Waals surface area contributed by atoms with E-state index in [0.717, 1.165) is 22.4 Å². The highest BCUT2D eigenvalue weighted by Crippen LogP contribution is 2.19. The van der Waals surface area contributed by atoms with Crippen molar-refractivity contribution in [2.24, 2.45) is 7.05 Å². The molecule has 0 radical (unpaired) electrons. The average Bonchev–Trinajstić information content (AvgIpc) is 2.69. The first kappa shape index (κ1) is 9.77. The molecule has 2 heterocycles. The fourth-order valence-electron chi connectivity index (χ4n) is 1.69. The minimum Gasteiger partial charge on any atom is -0.384 e. The number of aryl methyl sites for hydroxylation is 1. The van der Waals surface area contributed by atoms with Gasteiger partial charge in [0.15, 0.2) is 0 Å². The number of aromatic nitrogens is 4. The summed E-state index contributed by atoms with van der Waals surface area (Å²) in [6.07, 6.45) is 1.71. The zero-order chi connectivity index (χ0) is 11.8. The molecule has 0 saturated heterocycles. The second-order valence-electron chi connectivity index (χ2n) is 3.82. The molecule has 84 valence electrons. The predicted molar refractivity (Wildman–Crippen MR) is 66.2 cm³/mol. The van der Waals surface area contributed by atoms with Gasteiger partial charge in [-0.3, -0.25) is 9.67 Å². The number of nitrogens with two attached hydrogens (primary N) is 1. The maximum absolute atomic E-state index is 5.74. The van der Waals surface area contributed by atoms with Crippen LogP contribution in [0.3, 0.4) is 0 Å². The van der Waals surface area contributed by atoms with Crippen molar-refractivity contribution >= 4 is 16.9 Å². The first-order valence-electron chi connectivity index (χ1n) is 5.26. The second kappa shape index (κ2) is 3.55. The summed E-state index contributed by atoms with van der Waals surface area (Å²) in [7, 11) is 1.80. The molecule has 2 N–H and O–H groups in total. The van der Waals surface area contributed by atoms with E-state index < -0.39 is 0 Å². The molecule has 2 aromatic heterocycles. The van der Waals surface area contributed by atoms with Crippen molar-refractivity contribution in [2.45, 2.75) is 0 Å². The van der Waals surface area contributed by atoms with Gasteiger partial charge in [-0.2, -0.15) is 5.10 Å². The van der Waals surface area contributed by atoms with E-state index in [9.17, 15) is 0 Å². The van der Waals surface area contributed by atoms with Gasteiger partial charge in [-0.05, 0) is 12.1 Å². The van der Waals surface area contributed by atoms with Crippen molar-refractivity contribution < 1.29 is 0 Å². The predicted octanol–water partition coefficient (Wildman–Crippen LogP) is 1.61. The Morgan fingerprint density at radius 1 is 1.12 bits per heavy atom. The fraction of sp³-hybridized carbons (Fsp3) is 0.0833. The normalized spacial score (nSPS) is 10.9. The van der Waals surface area contributed by atoms with Gasteiger partial charge in [0, 0.05) is 13.1 Å². The molecular formula is C12H11N5. The molecule has 0 atom stereocenters. The largest absolute Gasteiger partial charge is 0.384 e. The number of nitrogens with zero attached hydrogens (tertiary/aromatic N) is 4. The molecule has 0 bridgehead atoms. The van der Waals surface area contributed by atoms with Crippen LogP contribution in [0, 0.1) is 0 Å². The molecular weight excluding hydrogens is 214 g/mol. The number of fused-ring (bicyclic) bond motifs is 1. The Morgan fingerprint density at radius 2 is 1.88 bits per heavy atom. The standard InChI is InChI=1S/C12H11N5/c1-17-12(13)6-10(16-17)11-7-14-8-4-2-3-5-9(8)15-11/h2-7H,13H2,1H3. The van der Waals surface area contributed by atoms with Crippen LogP contribution in [-0.4, -0.2) is 19.7 Å². The Bertz CT molecular complexity index is 667. The van der Waals surface area contributed by atoms with Crippen LogP contribution in [0.4, 0.5) is 5.82 Å². The van der Waals surface area contributed by atoms with E-state index in [4.69, 9.17) is 5.73 Å². The minimum atomic E-state index is 0.606. The molecule has 0 amide bonds. The smallest absolute Gasteiger partial charge is 0.122 e. The van der Waals surface area contributed by atoms with Crippen molar-refractivity contribution in [1.29, 1.82) is 0 Å². The summed E-state index contributed by atoms with van der Waals surface area (Å²) in [5.74, 6) is 0.606. The lowest BCUT2D eigenvalue weighted by atomic mass is 10.2. The number of nitrogen functional groups attached to an aromatic ring is 1. The van der Waals surface area contributed by atoms with Crippen molar-refractivity contribution in [3.8, 4) is 11.4 Å². The molecule has 0 unspecified atom stereocenters. The van der Waals surface area contributed by atoms with Gasteiger partial charge >= 0.3 is 0 Å². The van der Waals surface area contributed by atoms with Crippen LogP contribution in [0.5, 0.6) is 0 Å². The Balaban J connectivity index is 2.17. The summed E-state index contributed by atoms with van der Waals surface area (Å²) in [6.45, 7) is 0. The number of hydrogen-bond acceptors (Lipinski definition) is 4. The number of para-hydroxylation sites is 2. The third-order valence-electron chi connectivity index (χ3n) is 2.63. The van der Waals surface area contributed by atoms with Crippen LogP contribution >= 0.6 is 0 Å². The van der Waals surface area contributed by atoms with Gasteiger partial charge in [-0.15, -0.1) is 0 Å². The van der Waals surface area contributed by atoms with Crippen LogP contribution in [-0.2, 0) is 7.05 Å². The molecule has 3 rings (SSSR count). The van der Waals surface area contributed by atoms with Crippen molar-refractivity contribution in [1.82, 2.24) is 19.7 Å². The Hall–Kier alpha value is -2.43. The summed E-state index contributed by atoms with van der Waals surface area (Å²) in [6, 6.07) is 9.53. The Labute approximate surface area is 97.9 Å². The van der Waals surface area contributed by atoms with E-state index in [1.165, 1.54) is 0 Å². The third-order valence-corrected chi connectivity index (χ3v) is 2.63. The van der Waals surface area contributed by atoms with Crippen LogP contribution < -0.4 is 5.73 Å². The van der Waals surface area contributed by atoms with Gasteiger partial charge < -0.3 is 5.73 Å². The SMILES string of the molecule is Cn1nc(-c2cnc3ccccc3n2)cc1N. The van der Waals surface area contributed by atoms with E-state index in [1.807, 2.05) is 24.3 Å². The highest BCUT2D eigenvalue weighted by atomic mass is 15.3. The molecule has 0 spiro atoms. The quantitative estimate of drug-likeness (QED) is 0.683. The summed E-state index contributed by atoms with van der Waals surface area (Å²) in [4.78, 5) is 8.85. The highest BCUT2D eigenvalue weighted by Gasteiger charge is 2.07. The molecule has 3 aromatic rings. The van der Waals surface area contributed by atoms with Crippen molar-refractivity contribution in [2.75, 3.05) is 5.73 Å². The molecule has 0 fully saturated rings. The van der Waals surface area contributed by atoms with Crippen molar-refractivity contribution in [3.05, 3.63) is 36.5 Å². The molecule has 17 heavy (non-hydrogen) atoms. The van der Waals surface area contributed by atoms with Gasteiger partial charge in [0.05, 0.1) is 17.2 Å². The molecule has 0 aliphatic carbocycles. The first-order chi connectivity index (χ1) is 8.24. The zero-order valence-electron chi connectivity index (χ0n) is 9.33. The monoisotopic (exact) mass is 225 g/mol. The first-order valence-corrected chi connectivity index (χ1v) is 5.26. The Kier molecular flexibility index (Phi) is 2.04. The number of hydrogen-bond donors (Lipinski definition) is 1. The summed E-state index contributed by atoms with van der Waals surface area (Å²) < 4.78 is 1.62. The number of anilines is 1. The molecule has 0 aliphatic heterocycles. The van der Waals surface area contributed by atoms with Gasteiger partial charge in [-0.1, -0.05) is 12.1 Å². The summed E-state index contributed by atoms with van der Waals surface area (Å²) in [5, 5.41) is 4.28. The number of benzene rings is 1. The number of rotatable bonds is 1. The van der Waals surface area contributed by atoms with E-state index in [1.54, 1.807) is 24.0 Å². The maximum atomic E-state index is 5.74. The molecule has 0 aliphatic rings.